The quantitative estimate of drug-likeness (QED) is 0.572. The number of aromatic nitrogens is 1. The number of nitrogens with two attached hydrogens (primary N) is 1. The van der Waals surface area contributed by atoms with Crippen LogP contribution in [-0.4, -0.2) is 18.1 Å². The average molecular weight is 299 g/mol. The van der Waals surface area contributed by atoms with E-state index in [9.17, 15) is 4.79 Å². The maximum atomic E-state index is 11.6. The Balaban J connectivity index is 1.95. The molecule has 0 fully saturated rings. The van der Waals surface area contributed by atoms with E-state index >= 15 is 0 Å². The molecule has 0 spiro atoms. The Hall–Kier alpha value is -2.60. The van der Waals surface area contributed by atoms with Gasteiger partial charge < -0.3 is 15.8 Å². The Kier molecular flexibility index (Phi) is 3.45. The summed E-state index contributed by atoms with van der Waals surface area (Å²) < 4.78 is 5.80. The van der Waals surface area contributed by atoms with Crippen LogP contribution in [0.1, 0.15) is 10.4 Å². The van der Waals surface area contributed by atoms with Crippen molar-refractivity contribution in [3.05, 3.63) is 47.5 Å². The fraction of sp³-hybridized carbons (Fsp3) is 0.0667. The van der Waals surface area contributed by atoms with Crippen molar-refractivity contribution < 1.29 is 9.53 Å². The third-order valence-electron chi connectivity index (χ3n) is 3.12. The van der Waals surface area contributed by atoms with Gasteiger partial charge in [-0.15, -0.1) is 11.3 Å². The molecule has 0 saturated carbocycles. The molecule has 0 atom stereocenters. The van der Waals surface area contributed by atoms with Gasteiger partial charge >= 0.3 is 5.97 Å². The average Bonchev–Trinajstić information content (AvgIpc) is 2.96. The second kappa shape index (κ2) is 5.41. The molecular formula is C15H13N3O2S. The number of anilines is 3. The van der Waals surface area contributed by atoms with Crippen molar-refractivity contribution >= 4 is 44.6 Å². The van der Waals surface area contributed by atoms with E-state index in [2.05, 4.69) is 10.3 Å². The number of rotatable bonds is 3. The molecule has 0 aliphatic heterocycles. The highest BCUT2D eigenvalue weighted by Gasteiger charge is 2.12. The number of benzene rings is 2. The largest absolute Gasteiger partial charge is 0.465 e. The van der Waals surface area contributed by atoms with Gasteiger partial charge in [-0.25, -0.2) is 9.78 Å². The molecule has 0 radical (unpaired) electrons. The number of para-hydroxylation sites is 1. The summed E-state index contributed by atoms with van der Waals surface area (Å²) in [5.74, 6) is -0.450. The molecule has 1 heterocycles. The monoisotopic (exact) mass is 299 g/mol. The minimum absolute atomic E-state index is 0.348. The molecule has 0 bridgehead atoms. The predicted octanol–water partition coefficient (Wildman–Crippen LogP) is 3.41. The molecule has 0 aliphatic carbocycles. The molecule has 3 aromatic rings. The van der Waals surface area contributed by atoms with Crippen LogP contribution in [0, 0.1) is 0 Å². The Morgan fingerprint density at radius 3 is 3.00 bits per heavy atom. The van der Waals surface area contributed by atoms with Crippen molar-refractivity contribution in [3.8, 4) is 0 Å². The molecule has 0 amide bonds. The molecule has 0 aliphatic rings. The lowest BCUT2D eigenvalue weighted by atomic mass is 10.1. The summed E-state index contributed by atoms with van der Waals surface area (Å²) in [6.45, 7) is 0. The van der Waals surface area contributed by atoms with E-state index in [0.717, 1.165) is 15.9 Å². The number of ether oxygens (including phenoxy) is 1. The molecule has 21 heavy (non-hydrogen) atoms. The van der Waals surface area contributed by atoms with Crippen molar-refractivity contribution in [1.82, 2.24) is 4.98 Å². The summed E-state index contributed by atoms with van der Waals surface area (Å²) in [4.78, 5) is 15.9. The number of hydrogen-bond donors (Lipinski definition) is 2. The highest BCUT2D eigenvalue weighted by atomic mass is 32.1. The minimum Gasteiger partial charge on any atom is -0.465 e. The summed E-state index contributed by atoms with van der Waals surface area (Å²) in [5, 5.41) is 3.22. The van der Waals surface area contributed by atoms with Crippen LogP contribution in [0.15, 0.2) is 41.9 Å². The van der Waals surface area contributed by atoms with Gasteiger partial charge in [0.15, 0.2) is 0 Å². The number of carbonyl (C=O) groups excluding carboxylic acids is 1. The van der Waals surface area contributed by atoms with Crippen molar-refractivity contribution in [1.29, 1.82) is 0 Å². The zero-order chi connectivity index (χ0) is 14.8. The van der Waals surface area contributed by atoms with E-state index in [1.807, 2.05) is 24.3 Å². The number of nitrogens with one attached hydrogen (secondary N) is 1. The smallest absolute Gasteiger partial charge is 0.340 e. The number of esters is 1. The van der Waals surface area contributed by atoms with Gasteiger partial charge in [-0.2, -0.15) is 0 Å². The zero-order valence-corrected chi connectivity index (χ0v) is 12.1. The maximum absolute atomic E-state index is 11.6. The second-order valence-corrected chi connectivity index (χ2v) is 5.30. The third kappa shape index (κ3) is 2.53. The molecule has 5 nitrogen and oxygen atoms in total. The molecular weight excluding hydrogens is 286 g/mol. The normalized spacial score (nSPS) is 10.5. The standard InChI is InChI=1S/C15H13N3O2S/c1-20-15(19)10-3-2-4-12(14(10)16)18-9-5-6-11-13(7-9)21-8-17-11/h2-8,18H,16H2,1H3. The Labute approximate surface area is 125 Å². The molecule has 2 aromatic carbocycles. The third-order valence-corrected chi connectivity index (χ3v) is 3.91. The van der Waals surface area contributed by atoms with Gasteiger partial charge in [0.2, 0.25) is 0 Å². The number of fused-ring (bicyclic) bond motifs is 1. The Bertz CT molecular complexity index is 814. The fourth-order valence-electron chi connectivity index (χ4n) is 2.05. The van der Waals surface area contributed by atoms with E-state index in [4.69, 9.17) is 10.5 Å². The fourth-order valence-corrected chi connectivity index (χ4v) is 2.77. The summed E-state index contributed by atoms with van der Waals surface area (Å²) in [5.41, 5.74) is 11.1. The van der Waals surface area contributed by atoms with Gasteiger partial charge in [-0.1, -0.05) is 6.07 Å². The van der Waals surface area contributed by atoms with Crippen LogP contribution in [0.2, 0.25) is 0 Å². The van der Waals surface area contributed by atoms with Crippen LogP contribution < -0.4 is 11.1 Å². The number of nitrogen functional groups attached to an aromatic ring is 1. The van der Waals surface area contributed by atoms with Crippen molar-refractivity contribution in [2.75, 3.05) is 18.2 Å². The van der Waals surface area contributed by atoms with Gasteiger partial charge in [0.1, 0.15) is 0 Å². The van der Waals surface area contributed by atoms with Gasteiger partial charge in [-0.3, -0.25) is 0 Å². The molecule has 106 valence electrons. The van der Waals surface area contributed by atoms with E-state index in [0.29, 0.717) is 16.9 Å². The lowest BCUT2D eigenvalue weighted by Crippen LogP contribution is -2.07. The number of carbonyl (C=O) groups is 1. The molecule has 6 heteroatoms. The number of thiazole rings is 1. The van der Waals surface area contributed by atoms with Crippen molar-refractivity contribution in [2.45, 2.75) is 0 Å². The SMILES string of the molecule is COC(=O)c1cccc(Nc2ccc3ncsc3c2)c1N. The summed E-state index contributed by atoms with van der Waals surface area (Å²) >= 11 is 1.57. The number of nitrogens with zero attached hydrogens (tertiary/aromatic N) is 1. The first kappa shape index (κ1) is 13.4. The summed E-state index contributed by atoms with van der Waals surface area (Å²) in [6, 6.07) is 11.1. The number of methoxy groups -OCH3 is 1. The van der Waals surface area contributed by atoms with Crippen LogP contribution >= 0.6 is 11.3 Å². The molecule has 1 aromatic heterocycles. The zero-order valence-electron chi connectivity index (χ0n) is 11.3. The summed E-state index contributed by atoms with van der Waals surface area (Å²) in [6.07, 6.45) is 0. The highest BCUT2D eigenvalue weighted by molar-refractivity contribution is 7.16. The van der Waals surface area contributed by atoms with Crippen LogP contribution in [0.5, 0.6) is 0 Å². The van der Waals surface area contributed by atoms with E-state index in [-0.39, 0.29) is 0 Å². The van der Waals surface area contributed by atoms with Gasteiger partial charge in [0, 0.05) is 5.69 Å². The maximum Gasteiger partial charge on any atom is 0.340 e. The van der Waals surface area contributed by atoms with Crippen LogP contribution in [0.25, 0.3) is 10.2 Å². The first-order valence-corrected chi connectivity index (χ1v) is 7.14. The molecule has 0 unspecified atom stereocenters. The van der Waals surface area contributed by atoms with Crippen LogP contribution in [-0.2, 0) is 4.74 Å². The van der Waals surface area contributed by atoms with Crippen LogP contribution in [0.4, 0.5) is 17.1 Å². The van der Waals surface area contributed by atoms with Gasteiger partial charge in [0.25, 0.3) is 0 Å². The van der Waals surface area contributed by atoms with Crippen LogP contribution in [0.3, 0.4) is 0 Å². The number of hydrogen-bond acceptors (Lipinski definition) is 6. The Morgan fingerprint density at radius 2 is 2.19 bits per heavy atom. The van der Waals surface area contributed by atoms with Crippen molar-refractivity contribution in [3.63, 3.8) is 0 Å². The van der Waals surface area contributed by atoms with Gasteiger partial charge in [0.05, 0.1) is 39.8 Å². The molecule has 3 rings (SSSR count). The first-order chi connectivity index (χ1) is 10.2. The summed E-state index contributed by atoms with van der Waals surface area (Å²) in [7, 11) is 1.33. The first-order valence-electron chi connectivity index (χ1n) is 6.26. The lowest BCUT2D eigenvalue weighted by Gasteiger charge is -2.12. The van der Waals surface area contributed by atoms with E-state index in [1.54, 1.807) is 29.0 Å². The van der Waals surface area contributed by atoms with E-state index < -0.39 is 5.97 Å². The topological polar surface area (TPSA) is 77.2 Å². The predicted molar refractivity (Wildman–Crippen MR) is 85.1 cm³/mol. The molecule has 0 saturated heterocycles. The highest BCUT2D eigenvalue weighted by Crippen LogP contribution is 2.29. The Morgan fingerprint density at radius 1 is 1.33 bits per heavy atom. The van der Waals surface area contributed by atoms with Crippen molar-refractivity contribution in [2.24, 2.45) is 0 Å². The minimum atomic E-state index is -0.450. The van der Waals surface area contributed by atoms with Gasteiger partial charge in [-0.05, 0) is 30.3 Å². The molecule has 3 N–H and O–H groups in total. The lowest BCUT2D eigenvalue weighted by molar-refractivity contribution is 0.0602. The van der Waals surface area contributed by atoms with E-state index in [1.165, 1.54) is 7.11 Å². The second-order valence-electron chi connectivity index (χ2n) is 4.42.